The van der Waals surface area contributed by atoms with Gasteiger partial charge in [-0.05, 0) is 89.9 Å². The smallest absolute Gasteiger partial charge is 0.408 e. The van der Waals surface area contributed by atoms with Crippen LogP contribution in [-0.2, 0) is 20.9 Å². The van der Waals surface area contributed by atoms with E-state index in [1.54, 1.807) is 51.1 Å². The van der Waals surface area contributed by atoms with Crippen molar-refractivity contribution in [2.24, 2.45) is 5.73 Å². The fourth-order valence-electron chi connectivity index (χ4n) is 5.68. The number of primary amides is 1. The zero-order valence-corrected chi connectivity index (χ0v) is 27.0. The molecule has 0 bridgehead atoms. The van der Waals surface area contributed by atoms with E-state index in [0.717, 1.165) is 10.1 Å². The lowest BCUT2D eigenvalue weighted by molar-refractivity contribution is -0.137. The van der Waals surface area contributed by atoms with Gasteiger partial charge in [-0.25, -0.2) is 33.1 Å². The molecule has 0 saturated heterocycles. The van der Waals surface area contributed by atoms with Crippen LogP contribution >= 0.6 is 0 Å². The molecule has 248 valence electrons. The summed E-state index contributed by atoms with van der Waals surface area (Å²) in [5.74, 6) is -1.27. The number of aromatic nitrogens is 3. The average molecular weight is 648 g/mol. The predicted molar refractivity (Wildman–Crippen MR) is 169 cm³/mol. The van der Waals surface area contributed by atoms with Crippen molar-refractivity contribution < 1.29 is 33.4 Å². The van der Waals surface area contributed by atoms with Crippen LogP contribution < -0.4 is 31.9 Å². The van der Waals surface area contributed by atoms with Crippen molar-refractivity contribution in [1.82, 2.24) is 19.2 Å². The lowest BCUT2D eigenvalue weighted by Crippen LogP contribution is -2.46. The van der Waals surface area contributed by atoms with Gasteiger partial charge in [0.2, 0.25) is 5.91 Å². The Hall–Kier alpha value is -5.40. The second-order valence-electron chi connectivity index (χ2n) is 12.9. The molecule has 2 amide bonds. The molecule has 14 heteroatoms. The number of benzene rings is 2. The minimum atomic E-state index is -1.24. The molecule has 1 aromatic heterocycles. The highest BCUT2D eigenvalue weighted by Gasteiger charge is 2.44. The number of Topliss-reactive ketones (excluding diaryl/α,β-unsaturated/α-hetero) is 1. The van der Waals surface area contributed by atoms with Crippen LogP contribution in [0.4, 0.5) is 4.79 Å². The Bertz CT molecular complexity index is 1920. The Morgan fingerprint density at radius 1 is 1.06 bits per heavy atom. The Labute approximate surface area is 269 Å². The van der Waals surface area contributed by atoms with Crippen LogP contribution in [-0.4, -0.2) is 54.9 Å². The van der Waals surface area contributed by atoms with Crippen molar-refractivity contribution in [3.63, 3.8) is 0 Å². The van der Waals surface area contributed by atoms with Crippen LogP contribution in [0.1, 0.15) is 76.3 Å². The van der Waals surface area contributed by atoms with Gasteiger partial charge in [0.05, 0.1) is 12.2 Å². The van der Waals surface area contributed by atoms with Crippen LogP contribution in [0.3, 0.4) is 0 Å². The molecule has 5 rings (SSSR count). The quantitative estimate of drug-likeness (QED) is 0.161. The van der Waals surface area contributed by atoms with Gasteiger partial charge in [-0.3, -0.25) is 9.59 Å². The largest absolute Gasteiger partial charge is 0.483 e. The van der Waals surface area contributed by atoms with E-state index in [9.17, 15) is 28.8 Å². The SMILES string of the molecule is CC(=O)c1ccc(-n2c(=O)n3n(c2=O)C2C(=CC3)C(C)(C)Oc3cc(OC(=O)[C@H](CCC(N)=O)NC(=O)OC(C)(C)C)ccc32)cc1. The van der Waals surface area contributed by atoms with Crippen LogP contribution in [0.15, 0.2) is 63.7 Å². The fourth-order valence-corrected chi connectivity index (χ4v) is 5.68. The van der Waals surface area contributed by atoms with Crippen molar-refractivity contribution in [2.45, 2.75) is 84.2 Å². The molecule has 47 heavy (non-hydrogen) atoms. The Kier molecular flexibility index (Phi) is 8.48. The fraction of sp³-hybridized carbons (Fsp3) is 0.394. The third-order valence-electron chi connectivity index (χ3n) is 7.83. The first-order valence-electron chi connectivity index (χ1n) is 15.1. The van der Waals surface area contributed by atoms with Crippen molar-refractivity contribution in [3.05, 3.63) is 86.2 Å². The van der Waals surface area contributed by atoms with E-state index < -0.39 is 52.6 Å². The average Bonchev–Trinajstić information content (AvgIpc) is 3.23. The Balaban J connectivity index is 1.48. The number of carbonyl (C=O) groups is 4. The van der Waals surface area contributed by atoms with Crippen molar-refractivity contribution >= 4 is 23.8 Å². The molecule has 0 radical (unpaired) electrons. The van der Waals surface area contributed by atoms with E-state index >= 15 is 0 Å². The van der Waals surface area contributed by atoms with Gasteiger partial charge in [0.1, 0.15) is 34.8 Å². The lowest BCUT2D eigenvalue weighted by atomic mass is 9.83. The molecule has 0 fully saturated rings. The van der Waals surface area contributed by atoms with Crippen LogP contribution in [0.2, 0.25) is 0 Å². The number of esters is 1. The van der Waals surface area contributed by atoms with Gasteiger partial charge in [-0.1, -0.05) is 6.08 Å². The number of fused-ring (bicyclic) bond motifs is 5. The molecule has 1 unspecified atom stereocenters. The predicted octanol–water partition coefficient (Wildman–Crippen LogP) is 2.77. The van der Waals surface area contributed by atoms with Gasteiger partial charge in [-0.15, -0.1) is 0 Å². The first-order chi connectivity index (χ1) is 22.0. The van der Waals surface area contributed by atoms with Crippen molar-refractivity contribution in [1.29, 1.82) is 0 Å². The molecule has 2 aliphatic rings. The Morgan fingerprint density at radius 3 is 2.36 bits per heavy atom. The third kappa shape index (κ3) is 6.62. The molecule has 2 aliphatic heterocycles. The number of hydrogen-bond acceptors (Lipinski definition) is 9. The number of ether oxygens (including phenoxy) is 3. The van der Waals surface area contributed by atoms with Gasteiger partial charge in [0.25, 0.3) is 0 Å². The lowest BCUT2D eigenvalue weighted by Gasteiger charge is -2.42. The number of nitrogens with two attached hydrogens (primary N) is 1. The number of hydrogen-bond donors (Lipinski definition) is 2. The van der Waals surface area contributed by atoms with Crippen LogP contribution in [0.25, 0.3) is 5.69 Å². The zero-order chi connectivity index (χ0) is 34.4. The summed E-state index contributed by atoms with van der Waals surface area (Å²) in [6.07, 6.45) is 0.684. The molecule has 14 nitrogen and oxygen atoms in total. The summed E-state index contributed by atoms with van der Waals surface area (Å²) in [6, 6.07) is 8.90. The third-order valence-corrected chi connectivity index (χ3v) is 7.83. The number of ketones is 1. The first-order valence-corrected chi connectivity index (χ1v) is 15.1. The highest BCUT2D eigenvalue weighted by atomic mass is 16.6. The topological polar surface area (TPSA) is 183 Å². The number of amides is 2. The number of carbonyl (C=O) groups excluding carboxylic acids is 4. The van der Waals surface area contributed by atoms with Crippen LogP contribution in [0, 0.1) is 0 Å². The minimum absolute atomic E-state index is 0.0794. The Morgan fingerprint density at radius 2 is 1.74 bits per heavy atom. The van der Waals surface area contributed by atoms with Gasteiger partial charge in [0.15, 0.2) is 5.78 Å². The minimum Gasteiger partial charge on any atom is -0.483 e. The van der Waals surface area contributed by atoms with E-state index in [4.69, 9.17) is 19.9 Å². The standard InChI is InChI=1S/C33H37N5O9/c1-18(39)19-7-9-20(10-8-19)37-30(43)36-16-15-23-27(38(36)31(37)44)22-12-11-21(17-25(22)46-33(23,5)6)45-28(41)24(13-14-26(34)40)35-29(42)47-32(2,3)4/h7-12,15,17,24,27H,13-14,16H2,1-6H3,(H2,34,40)(H,35,42)/t24-,27?/m0/s1. The van der Waals surface area contributed by atoms with Gasteiger partial charge in [-0.2, -0.15) is 0 Å². The van der Waals surface area contributed by atoms with E-state index in [2.05, 4.69) is 5.32 Å². The van der Waals surface area contributed by atoms with Gasteiger partial charge >= 0.3 is 23.4 Å². The maximum Gasteiger partial charge on any atom is 0.408 e. The maximum absolute atomic E-state index is 13.9. The van der Waals surface area contributed by atoms with Crippen molar-refractivity contribution in [3.8, 4) is 17.2 Å². The summed E-state index contributed by atoms with van der Waals surface area (Å²) in [6.45, 7) is 10.2. The molecule has 3 N–H and O–H groups in total. The molecule has 0 saturated carbocycles. The molecular weight excluding hydrogens is 610 g/mol. The summed E-state index contributed by atoms with van der Waals surface area (Å²) in [4.78, 5) is 76.3. The van der Waals surface area contributed by atoms with E-state index in [1.165, 1.54) is 28.4 Å². The summed E-state index contributed by atoms with van der Waals surface area (Å²) >= 11 is 0. The summed E-state index contributed by atoms with van der Waals surface area (Å²) in [5, 5.41) is 2.44. The summed E-state index contributed by atoms with van der Waals surface area (Å²) < 4.78 is 21.0. The highest BCUT2D eigenvalue weighted by Crippen LogP contribution is 2.47. The van der Waals surface area contributed by atoms with E-state index in [1.807, 2.05) is 19.9 Å². The molecule has 2 aromatic carbocycles. The zero-order valence-electron chi connectivity index (χ0n) is 27.0. The molecule has 2 atom stereocenters. The van der Waals surface area contributed by atoms with E-state index in [0.29, 0.717) is 22.6 Å². The molecule has 3 heterocycles. The van der Waals surface area contributed by atoms with Crippen LogP contribution in [0.5, 0.6) is 11.5 Å². The second kappa shape index (κ2) is 12.1. The summed E-state index contributed by atoms with van der Waals surface area (Å²) in [7, 11) is 0. The molecule has 0 spiro atoms. The van der Waals surface area contributed by atoms with Gasteiger partial charge in [0, 0.05) is 23.6 Å². The second-order valence-corrected chi connectivity index (χ2v) is 12.9. The maximum atomic E-state index is 13.9. The molecule has 0 aliphatic carbocycles. The summed E-state index contributed by atoms with van der Waals surface area (Å²) in [5.41, 5.74) is 4.48. The monoisotopic (exact) mass is 647 g/mol. The van der Waals surface area contributed by atoms with Crippen molar-refractivity contribution in [2.75, 3.05) is 0 Å². The van der Waals surface area contributed by atoms with Gasteiger partial charge < -0.3 is 25.3 Å². The number of nitrogens with zero attached hydrogens (tertiary/aromatic N) is 3. The number of rotatable bonds is 8. The molecule has 3 aromatic rings. The highest BCUT2D eigenvalue weighted by molar-refractivity contribution is 5.94. The number of alkyl carbamates (subject to hydrolysis) is 1. The normalized spacial score (nSPS) is 16.7. The first kappa shape index (κ1) is 33.0. The number of allylic oxidation sites excluding steroid dienone is 1. The number of nitrogens with one attached hydrogen (secondary N) is 1. The van der Waals surface area contributed by atoms with E-state index in [-0.39, 0.29) is 30.9 Å². The molecular formula is C33H37N5O9.